The van der Waals surface area contributed by atoms with Gasteiger partial charge in [-0.25, -0.2) is 4.79 Å². The van der Waals surface area contributed by atoms with Gasteiger partial charge in [-0.1, -0.05) is 38.5 Å². The van der Waals surface area contributed by atoms with E-state index >= 15 is 0 Å². The molecule has 4 nitrogen and oxygen atoms in total. The van der Waals surface area contributed by atoms with Crippen LogP contribution in [0.2, 0.25) is 0 Å². The molecule has 0 saturated heterocycles. The van der Waals surface area contributed by atoms with Gasteiger partial charge in [0.1, 0.15) is 5.75 Å². The smallest absolute Gasteiger partial charge is 0.373 e. The van der Waals surface area contributed by atoms with Crippen LogP contribution in [0.15, 0.2) is 30.3 Å². The molecule has 0 aromatic heterocycles. The Bertz CT molecular complexity index is 350. The summed E-state index contributed by atoms with van der Waals surface area (Å²) in [6.45, 7) is 4.02. The minimum atomic E-state index is -1.25. The molecule has 1 N–H and O–H groups in total. The predicted octanol–water partition coefficient (Wildman–Crippen LogP) is 3.07. The summed E-state index contributed by atoms with van der Waals surface area (Å²) < 4.78 is 10.8. The van der Waals surface area contributed by atoms with Crippen LogP contribution < -0.4 is 4.74 Å². The van der Waals surface area contributed by atoms with E-state index in [1.54, 1.807) is 24.3 Å². The molecule has 0 bridgehead atoms. The summed E-state index contributed by atoms with van der Waals surface area (Å²) in [5.74, 6) is -0.607. The first-order valence-corrected chi connectivity index (χ1v) is 6.27. The largest absolute Gasteiger partial charge is 0.477 e. The molecule has 0 aliphatic carbocycles. The maximum absolute atomic E-state index is 11.1. The SMILES string of the molecule is CCCC(CC)OC(Oc1ccccc1)C(=O)O. The second-order valence-electron chi connectivity index (χ2n) is 4.06. The molecule has 2 unspecified atom stereocenters. The molecule has 0 spiro atoms. The van der Waals surface area contributed by atoms with Gasteiger partial charge in [0.05, 0.1) is 6.10 Å². The molecule has 1 aromatic carbocycles. The normalized spacial score (nSPS) is 13.9. The van der Waals surface area contributed by atoms with Crippen molar-refractivity contribution in [1.29, 1.82) is 0 Å². The summed E-state index contributed by atoms with van der Waals surface area (Å²) >= 11 is 0. The standard InChI is InChI=1S/C14H20O4/c1-3-8-11(4-2)17-14(13(15)16)18-12-9-6-5-7-10-12/h5-7,9-11,14H,3-4,8H2,1-2H3,(H,15,16). The van der Waals surface area contributed by atoms with Gasteiger partial charge in [0.25, 0.3) is 6.29 Å². The summed E-state index contributed by atoms with van der Waals surface area (Å²) in [5, 5.41) is 9.10. The number of carboxylic acids is 1. The molecule has 18 heavy (non-hydrogen) atoms. The Morgan fingerprint density at radius 3 is 2.44 bits per heavy atom. The van der Waals surface area contributed by atoms with Crippen LogP contribution in [0, 0.1) is 0 Å². The van der Waals surface area contributed by atoms with Crippen LogP contribution >= 0.6 is 0 Å². The van der Waals surface area contributed by atoms with Crippen molar-refractivity contribution < 1.29 is 19.4 Å². The Hall–Kier alpha value is -1.55. The van der Waals surface area contributed by atoms with Crippen molar-refractivity contribution in [3.8, 4) is 5.75 Å². The average molecular weight is 252 g/mol. The van der Waals surface area contributed by atoms with Crippen molar-refractivity contribution in [3.63, 3.8) is 0 Å². The van der Waals surface area contributed by atoms with Gasteiger partial charge in [-0.05, 0) is 25.0 Å². The zero-order valence-corrected chi connectivity index (χ0v) is 10.8. The van der Waals surface area contributed by atoms with Crippen LogP contribution in [-0.4, -0.2) is 23.5 Å². The molecule has 0 amide bonds. The van der Waals surface area contributed by atoms with Gasteiger partial charge in [-0.15, -0.1) is 0 Å². The van der Waals surface area contributed by atoms with E-state index in [-0.39, 0.29) is 6.10 Å². The van der Waals surface area contributed by atoms with E-state index in [0.29, 0.717) is 5.75 Å². The molecule has 0 saturated carbocycles. The fourth-order valence-electron chi connectivity index (χ4n) is 1.62. The van der Waals surface area contributed by atoms with Crippen LogP contribution in [0.25, 0.3) is 0 Å². The highest BCUT2D eigenvalue weighted by atomic mass is 16.7. The topological polar surface area (TPSA) is 55.8 Å². The Morgan fingerprint density at radius 2 is 1.94 bits per heavy atom. The number of carboxylic acid groups (broad SMARTS) is 1. The minimum absolute atomic E-state index is 0.0835. The number of ether oxygens (including phenoxy) is 2. The summed E-state index contributed by atoms with van der Waals surface area (Å²) in [7, 11) is 0. The van der Waals surface area contributed by atoms with E-state index in [4.69, 9.17) is 14.6 Å². The first-order valence-electron chi connectivity index (χ1n) is 6.27. The van der Waals surface area contributed by atoms with Gasteiger partial charge >= 0.3 is 5.97 Å². The minimum Gasteiger partial charge on any atom is -0.477 e. The van der Waals surface area contributed by atoms with Crippen molar-refractivity contribution >= 4 is 5.97 Å². The second-order valence-corrected chi connectivity index (χ2v) is 4.06. The van der Waals surface area contributed by atoms with Gasteiger partial charge in [0.2, 0.25) is 0 Å². The molecule has 1 aromatic rings. The van der Waals surface area contributed by atoms with Crippen molar-refractivity contribution in [2.75, 3.05) is 0 Å². The molecule has 0 heterocycles. The molecule has 4 heteroatoms. The number of para-hydroxylation sites is 1. The van der Waals surface area contributed by atoms with Crippen LogP contribution in [0.5, 0.6) is 5.75 Å². The van der Waals surface area contributed by atoms with Crippen molar-refractivity contribution in [2.24, 2.45) is 0 Å². The Labute approximate surface area is 108 Å². The summed E-state index contributed by atoms with van der Waals surface area (Å²) in [6, 6.07) is 8.84. The third-order valence-electron chi connectivity index (χ3n) is 2.57. The second kappa shape index (κ2) is 7.71. The summed E-state index contributed by atoms with van der Waals surface area (Å²) in [5.41, 5.74) is 0. The van der Waals surface area contributed by atoms with E-state index in [9.17, 15) is 4.79 Å². The highest BCUT2D eigenvalue weighted by Gasteiger charge is 2.23. The summed E-state index contributed by atoms with van der Waals surface area (Å²) in [4.78, 5) is 11.1. The molecular weight excluding hydrogens is 232 g/mol. The van der Waals surface area contributed by atoms with Gasteiger partial charge in [-0.2, -0.15) is 0 Å². The van der Waals surface area contributed by atoms with Gasteiger partial charge in [0, 0.05) is 0 Å². The van der Waals surface area contributed by atoms with Crippen LogP contribution in [0.4, 0.5) is 0 Å². The third kappa shape index (κ3) is 4.75. The van der Waals surface area contributed by atoms with E-state index in [0.717, 1.165) is 19.3 Å². The Morgan fingerprint density at radius 1 is 1.28 bits per heavy atom. The highest BCUT2D eigenvalue weighted by Crippen LogP contribution is 2.15. The van der Waals surface area contributed by atoms with Crippen LogP contribution in [0.1, 0.15) is 33.1 Å². The predicted molar refractivity (Wildman–Crippen MR) is 68.6 cm³/mol. The Balaban J connectivity index is 2.62. The number of benzene rings is 1. The van der Waals surface area contributed by atoms with Crippen LogP contribution in [-0.2, 0) is 9.53 Å². The van der Waals surface area contributed by atoms with Crippen molar-refractivity contribution in [1.82, 2.24) is 0 Å². The molecular formula is C14H20O4. The zero-order valence-electron chi connectivity index (χ0n) is 10.8. The lowest BCUT2D eigenvalue weighted by molar-refractivity contribution is -0.180. The monoisotopic (exact) mass is 252 g/mol. The lowest BCUT2D eigenvalue weighted by Gasteiger charge is -2.21. The fraction of sp³-hybridized carbons (Fsp3) is 0.500. The Kier molecular flexibility index (Phi) is 6.22. The van der Waals surface area contributed by atoms with E-state index in [1.165, 1.54) is 0 Å². The molecule has 1 rings (SSSR count). The lowest BCUT2D eigenvalue weighted by atomic mass is 10.1. The van der Waals surface area contributed by atoms with Gasteiger partial charge in [-0.3, -0.25) is 0 Å². The number of hydrogen-bond acceptors (Lipinski definition) is 3. The highest BCUT2D eigenvalue weighted by molar-refractivity contribution is 5.71. The van der Waals surface area contributed by atoms with E-state index < -0.39 is 12.3 Å². The third-order valence-corrected chi connectivity index (χ3v) is 2.57. The van der Waals surface area contributed by atoms with Gasteiger partial charge in [0.15, 0.2) is 0 Å². The number of carbonyl (C=O) groups is 1. The maximum Gasteiger partial charge on any atom is 0.373 e. The fourth-order valence-corrected chi connectivity index (χ4v) is 1.62. The molecule has 0 aliphatic rings. The number of hydrogen-bond donors (Lipinski definition) is 1. The molecule has 0 fully saturated rings. The van der Waals surface area contributed by atoms with Gasteiger partial charge < -0.3 is 14.6 Å². The maximum atomic E-state index is 11.1. The first kappa shape index (κ1) is 14.5. The van der Waals surface area contributed by atoms with Crippen molar-refractivity contribution in [3.05, 3.63) is 30.3 Å². The molecule has 100 valence electrons. The van der Waals surface area contributed by atoms with E-state index in [1.807, 2.05) is 19.9 Å². The average Bonchev–Trinajstić information content (AvgIpc) is 2.38. The van der Waals surface area contributed by atoms with Crippen molar-refractivity contribution in [2.45, 2.75) is 45.5 Å². The van der Waals surface area contributed by atoms with Crippen LogP contribution in [0.3, 0.4) is 0 Å². The molecule has 2 atom stereocenters. The quantitative estimate of drug-likeness (QED) is 0.722. The molecule has 0 aliphatic heterocycles. The first-order chi connectivity index (χ1) is 8.67. The molecule has 0 radical (unpaired) electrons. The lowest BCUT2D eigenvalue weighted by Crippen LogP contribution is -2.34. The number of rotatable bonds is 8. The van der Waals surface area contributed by atoms with E-state index in [2.05, 4.69) is 0 Å². The zero-order chi connectivity index (χ0) is 13.4. The summed E-state index contributed by atoms with van der Waals surface area (Å²) in [6.07, 6.45) is 1.23. The number of aliphatic carboxylic acids is 1.